The summed E-state index contributed by atoms with van der Waals surface area (Å²) in [5, 5.41) is 2.84. The number of piperidine rings is 1. The summed E-state index contributed by atoms with van der Waals surface area (Å²) in [4.78, 5) is 12.0. The van der Waals surface area contributed by atoms with Gasteiger partial charge in [0, 0.05) is 19.6 Å². The molecule has 22 heavy (non-hydrogen) atoms. The quantitative estimate of drug-likeness (QED) is 0.903. The molecular formula is C14H18ClFN2O3S. The number of amides is 1. The van der Waals surface area contributed by atoms with E-state index in [0.717, 1.165) is 6.07 Å². The molecule has 1 amide bonds. The standard InChI is InChI=1S/C14H18ClFN2O3S/c1-22(20,21)18-6-4-10(5-7-18)9-17-14(19)12-3-2-11(16)8-13(12)15/h2-3,8,10H,4-7,9H2,1H3,(H,17,19). The molecule has 1 aromatic carbocycles. The Labute approximate surface area is 134 Å². The number of hydrogen-bond acceptors (Lipinski definition) is 3. The van der Waals surface area contributed by atoms with Crippen molar-refractivity contribution in [3.05, 3.63) is 34.6 Å². The van der Waals surface area contributed by atoms with Crippen LogP contribution >= 0.6 is 11.6 Å². The fourth-order valence-corrected chi connectivity index (χ4v) is 3.58. The third-order valence-corrected chi connectivity index (χ3v) is 5.39. The van der Waals surface area contributed by atoms with Crippen LogP contribution in [0.25, 0.3) is 0 Å². The number of rotatable bonds is 4. The fourth-order valence-electron chi connectivity index (χ4n) is 2.45. The summed E-state index contributed by atoms with van der Waals surface area (Å²) in [6.45, 7) is 1.39. The van der Waals surface area contributed by atoms with Gasteiger partial charge in [0.2, 0.25) is 10.0 Å². The molecule has 1 aliphatic rings. The van der Waals surface area contributed by atoms with E-state index in [1.165, 1.54) is 22.7 Å². The van der Waals surface area contributed by atoms with Crippen molar-refractivity contribution in [1.29, 1.82) is 0 Å². The summed E-state index contributed by atoms with van der Waals surface area (Å²) >= 11 is 5.84. The molecule has 2 rings (SSSR count). The average Bonchev–Trinajstić information content (AvgIpc) is 2.44. The van der Waals surface area contributed by atoms with Crippen LogP contribution in [0.5, 0.6) is 0 Å². The summed E-state index contributed by atoms with van der Waals surface area (Å²) < 4.78 is 37.2. The first-order valence-electron chi connectivity index (χ1n) is 6.96. The van der Waals surface area contributed by atoms with Crippen molar-refractivity contribution in [1.82, 2.24) is 9.62 Å². The molecule has 0 atom stereocenters. The Hall–Kier alpha value is -1.18. The lowest BCUT2D eigenvalue weighted by molar-refractivity contribution is 0.0941. The van der Waals surface area contributed by atoms with E-state index in [0.29, 0.717) is 32.5 Å². The minimum atomic E-state index is -3.14. The number of nitrogens with zero attached hydrogens (tertiary/aromatic N) is 1. The summed E-state index contributed by atoms with van der Waals surface area (Å²) in [5.41, 5.74) is 0.233. The Bertz CT molecular complexity index is 658. The normalized spacial score (nSPS) is 17.4. The maximum Gasteiger partial charge on any atom is 0.252 e. The first-order valence-corrected chi connectivity index (χ1v) is 9.18. The first kappa shape index (κ1) is 17.2. The molecule has 0 bridgehead atoms. The van der Waals surface area contributed by atoms with E-state index < -0.39 is 15.8 Å². The van der Waals surface area contributed by atoms with E-state index in [9.17, 15) is 17.6 Å². The van der Waals surface area contributed by atoms with Crippen molar-refractivity contribution in [2.24, 2.45) is 5.92 Å². The lowest BCUT2D eigenvalue weighted by atomic mass is 9.98. The van der Waals surface area contributed by atoms with Crippen LogP contribution in [0.1, 0.15) is 23.2 Å². The van der Waals surface area contributed by atoms with Crippen LogP contribution in [-0.4, -0.2) is 44.5 Å². The van der Waals surface area contributed by atoms with Gasteiger partial charge in [-0.25, -0.2) is 17.1 Å². The molecule has 1 heterocycles. The number of benzene rings is 1. The zero-order chi connectivity index (χ0) is 16.3. The van der Waals surface area contributed by atoms with Crippen LogP contribution < -0.4 is 5.32 Å². The molecule has 1 saturated heterocycles. The maximum absolute atomic E-state index is 13.0. The lowest BCUT2D eigenvalue weighted by Gasteiger charge is -2.30. The van der Waals surface area contributed by atoms with Gasteiger partial charge < -0.3 is 5.32 Å². The highest BCUT2D eigenvalue weighted by molar-refractivity contribution is 7.88. The van der Waals surface area contributed by atoms with Crippen LogP contribution in [0.3, 0.4) is 0 Å². The van der Waals surface area contributed by atoms with E-state index in [1.54, 1.807) is 0 Å². The van der Waals surface area contributed by atoms with E-state index in [1.807, 2.05) is 0 Å². The monoisotopic (exact) mass is 348 g/mol. The van der Waals surface area contributed by atoms with Crippen molar-refractivity contribution in [3.8, 4) is 0 Å². The van der Waals surface area contributed by atoms with Gasteiger partial charge in [-0.3, -0.25) is 4.79 Å². The minimum absolute atomic E-state index is 0.0735. The highest BCUT2D eigenvalue weighted by Crippen LogP contribution is 2.20. The number of hydrogen-bond donors (Lipinski definition) is 1. The van der Waals surface area contributed by atoms with Gasteiger partial charge in [0.1, 0.15) is 5.82 Å². The Morgan fingerprint density at radius 2 is 2.05 bits per heavy atom. The summed E-state index contributed by atoms with van der Waals surface area (Å²) in [7, 11) is -3.14. The van der Waals surface area contributed by atoms with Crippen LogP contribution in [0, 0.1) is 11.7 Å². The molecule has 8 heteroatoms. The molecular weight excluding hydrogens is 331 g/mol. The predicted molar refractivity (Wildman–Crippen MR) is 82.9 cm³/mol. The summed E-state index contributed by atoms with van der Waals surface area (Å²) in [5.74, 6) is -0.619. The number of sulfonamides is 1. The number of carbonyl (C=O) groups is 1. The highest BCUT2D eigenvalue weighted by Gasteiger charge is 2.25. The molecule has 1 fully saturated rings. The van der Waals surface area contributed by atoms with E-state index in [2.05, 4.69) is 5.32 Å². The molecule has 1 N–H and O–H groups in total. The smallest absolute Gasteiger partial charge is 0.252 e. The van der Waals surface area contributed by atoms with Gasteiger partial charge in [-0.15, -0.1) is 0 Å². The van der Waals surface area contributed by atoms with E-state index in [4.69, 9.17) is 11.6 Å². The second-order valence-electron chi connectivity index (χ2n) is 5.44. The molecule has 1 aliphatic heterocycles. The summed E-state index contributed by atoms with van der Waals surface area (Å²) in [6.07, 6.45) is 2.60. The van der Waals surface area contributed by atoms with Crippen molar-refractivity contribution >= 4 is 27.5 Å². The van der Waals surface area contributed by atoms with E-state index in [-0.39, 0.29) is 22.4 Å². The second-order valence-corrected chi connectivity index (χ2v) is 7.83. The molecule has 0 unspecified atom stereocenters. The SMILES string of the molecule is CS(=O)(=O)N1CCC(CNC(=O)c2ccc(F)cc2Cl)CC1. The molecule has 0 spiro atoms. The Balaban J connectivity index is 1.85. The van der Waals surface area contributed by atoms with Crippen LogP contribution in [0.15, 0.2) is 18.2 Å². The first-order chi connectivity index (χ1) is 10.3. The van der Waals surface area contributed by atoms with Gasteiger partial charge in [0.15, 0.2) is 0 Å². The van der Waals surface area contributed by atoms with Gasteiger partial charge >= 0.3 is 0 Å². The third kappa shape index (κ3) is 4.41. The Morgan fingerprint density at radius 3 is 2.59 bits per heavy atom. The van der Waals surface area contributed by atoms with Crippen molar-refractivity contribution in [2.75, 3.05) is 25.9 Å². The molecule has 1 aromatic rings. The van der Waals surface area contributed by atoms with Crippen molar-refractivity contribution in [3.63, 3.8) is 0 Å². The van der Waals surface area contributed by atoms with Crippen molar-refractivity contribution in [2.45, 2.75) is 12.8 Å². The average molecular weight is 349 g/mol. The lowest BCUT2D eigenvalue weighted by Crippen LogP contribution is -2.41. The zero-order valence-corrected chi connectivity index (χ0v) is 13.8. The predicted octanol–water partition coefficient (Wildman–Crippen LogP) is 1.88. The number of carbonyl (C=O) groups excluding carboxylic acids is 1. The third-order valence-electron chi connectivity index (χ3n) is 3.77. The van der Waals surface area contributed by atoms with Gasteiger partial charge in [-0.1, -0.05) is 11.6 Å². The largest absolute Gasteiger partial charge is 0.352 e. The van der Waals surface area contributed by atoms with Crippen LogP contribution in [0.2, 0.25) is 5.02 Å². The molecule has 0 aromatic heterocycles. The molecule has 0 aliphatic carbocycles. The second kappa shape index (κ2) is 6.93. The summed E-state index contributed by atoms with van der Waals surface area (Å²) in [6, 6.07) is 3.63. The molecule has 5 nitrogen and oxygen atoms in total. The Kier molecular flexibility index (Phi) is 5.41. The minimum Gasteiger partial charge on any atom is -0.352 e. The number of halogens is 2. The Morgan fingerprint density at radius 1 is 1.41 bits per heavy atom. The zero-order valence-electron chi connectivity index (χ0n) is 12.2. The topological polar surface area (TPSA) is 66.5 Å². The molecule has 0 saturated carbocycles. The molecule has 0 radical (unpaired) electrons. The van der Waals surface area contributed by atoms with Crippen LogP contribution in [0.4, 0.5) is 4.39 Å². The van der Waals surface area contributed by atoms with E-state index >= 15 is 0 Å². The van der Waals surface area contributed by atoms with Crippen LogP contribution in [-0.2, 0) is 10.0 Å². The number of nitrogens with one attached hydrogen (secondary N) is 1. The van der Waals surface area contributed by atoms with Crippen molar-refractivity contribution < 1.29 is 17.6 Å². The van der Waals surface area contributed by atoms with Gasteiger partial charge in [-0.2, -0.15) is 0 Å². The van der Waals surface area contributed by atoms with Gasteiger partial charge in [0.25, 0.3) is 5.91 Å². The molecule has 122 valence electrons. The highest BCUT2D eigenvalue weighted by atomic mass is 35.5. The van der Waals surface area contributed by atoms with Gasteiger partial charge in [0.05, 0.1) is 16.8 Å². The maximum atomic E-state index is 13.0. The van der Waals surface area contributed by atoms with Gasteiger partial charge in [-0.05, 0) is 37.0 Å². The fraction of sp³-hybridized carbons (Fsp3) is 0.500.